The monoisotopic (exact) mass is 614 g/mol. The Hall–Kier alpha value is -5.32. The zero-order valence-corrected chi connectivity index (χ0v) is 27.2. The van der Waals surface area contributed by atoms with Crippen LogP contribution in [0.1, 0.15) is 22.3 Å². The topological polar surface area (TPSA) is 19.6 Å². The molecule has 2 aromatic heterocycles. The van der Waals surface area contributed by atoms with Crippen LogP contribution in [-0.2, 0) is 0 Å². The second-order valence-corrected chi connectivity index (χ2v) is 13.3. The largest absolute Gasteiger partial charge is 0.454 e. The van der Waals surface area contributed by atoms with Crippen LogP contribution in [0.15, 0.2) is 138 Å². The van der Waals surface area contributed by atoms with Gasteiger partial charge in [-0.1, -0.05) is 70.8 Å². The average Bonchev–Trinajstić information content (AvgIpc) is 3.60. The molecule has 0 aliphatic carbocycles. The molecule has 0 atom stereocenters. The Morgan fingerprint density at radius 2 is 0.783 bits per heavy atom. The first-order valence-electron chi connectivity index (χ1n) is 15.7. The molecule has 0 N–H and O–H groups in total. The molecular formula is C42H34N2OS. The van der Waals surface area contributed by atoms with Gasteiger partial charge >= 0.3 is 0 Å². The highest BCUT2D eigenvalue weighted by Crippen LogP contribution is 2.45. The molecule has 0 aliphatic rings. The van der Waals surface area contributed by atoms with Gasteiger partial charge in [0.2, 0.25) is 0 Å². The molecule has 0 fully saturated rings. The highest BCUT2D eigenvalue weighted by molar-refractivity contribution is 7.26. The minimum absolute atomic E-state index is 0.898. The Labute approximate surface area is 273 Å². The third kappa shape index (κ3) is 5.01. The van der Waals surface area contributed by atoms with Crippen LogP contribution in [0.4, 0.5) is 34.1 Å². The van der Waals surface area contributed by atoms with Crippen LogP contribution < -0.4 is 9.80 Å². The van der Waals surface area contributed by atoms with Crippen molar-refractivity contribution in [3.63, 3.8) is 0 Å². The molecular weight excluding hydrogens is 581 g/mol. The van der Waals surface area contributed by atoms with Crippen molar-refractivity contribution >= 4 is 76.8 Å². The first-order chi connectivity index (χ1) is 22.4. The fourth-order valence-electron chi connectivity index (χ4n) is 6.18. The van der Waals surface area contributed by atoms with Gasteiger partial charge < -0.3 is 14.2 Å². The fourth-order valence-corrected chi connectivity index (χ4v) is 7.37. The minimum atomic E-state index is 0.898. The Morgan fingerprint density at radius 3 is 1.22 bits per heavy atom. The van der Waals surface area contributed by atoms with E-state index in [1.54, 1.807) is 11.3 Å². The van der Waals surface area contributed by atoms with Gasteiger partial charge in [-0.15, -0.1) is 11.3 Å². The van der Waals surface area contributed by atoms with Crippen molar-refractivity contribution in [3.8, 4) is 0 Å². The maximum absolute atomic E-state index is 6.67. The molecule has 0 saturated carbocycles. The molecule has 0 aliphatic heterocycles. The van der Waals surface area contributed by atoms with Gasteiger partial charge in [0.15, 0.2) is 5.58 Å². The van der Waals surface area contributed by atoms with Crippen molar-refractivity contribution in [2.24, 2.45) is 0 Å². The van der Waals surface area contributed by atoms with E-state index in [0.29, 0.717) is 0 Å². The molecule has 0 radical (unpaired) electrons. The van der Waals surface area contributed by atoms with Gasteiger partial charge in [0.25, 0.3) is 0 Å². The molecule has 6 aromatic carbocycles. The van der Waals surface area contributed by atoms with Crippen molar-refractivity contribution < 1.29 is 4.42 Å². The normalized spacial score (nSPS) is 11.5. The summed E-state index contributed by atoms with van der Waals surface area (Å²) >= 11 is 1.80. The lowest BCUT2D eigenvalue weighted by atomic mass is 10.1. The smallest absolute Gasteiger partial charge is 0.154 e. The van der Waals surface area contributed by atoms with Gasteiger partial charge in [0.05, 0.1) is 4.70 Å². The summed E-state index contributed by atoms with van der Waals surface area (Å²) in [6, 6.07) is 48.2. The number of aryl methyl sites for hydroxylation is 4. The van der Waals surface area contributed by atoms with E-state index in [1.807, 2.05) is 0 Å². The number of thiophene rings is 1. The van der Waals surface area contributed by atoms with E-state index in [4.69, 9.17) is 4.42 Å². The molecule has 0 spiro atoms. The summed E-state index contributed by atoms with van der Waals surface area (Å²) < 4.78 is 9.07. The highest BCUT2D eigenvalue weighted by atomic mass is 32.1. The number of benzene rings is 6. The summed E-state index contributed by atoms with van der Waals surface area (Å²) in [6.45, 7) is 8.50. The van der Waals surface area contributed by atoms with Crippen LogP contribution in [0.5, 0.6) is 0 Å². The van der Waals surface area contributed by atoms with Crippen LogP contribution in [0.3, 0.4) is 0 Å². The summed E-state index contributed by atoms with van der Waals surface area (Å²) in [5.41, 5.74) is 13.5. The molecule has 0 amide bonds. The number of hydrogen-bond donors (Lipinski definition) is 0. The van der Waals surface area contributed by atoms with Gasteiger partial charge in [-0.3, -0.25) is 0 Å². The van der Waals surface area contributed by atoms with Crippen molar-refractivity contribution in [2.45, 2.75) is 27.7 Å². The highest BCUT2D eigenvalue weighted by Gasteiger charge is 2.20. The van der Waals surface area contributed by atoms with Crippen LogP contribution in [0.2, 0.25) is 0 Å². The zero-order valence-electron chi connectivity index (χ0n) is 26.4. The number of hydrogen-bond acceptors (Lipinski definition) is 4. The molecule has 8 rings (SSSR count). The van der Waals surface area contributed by atoms with Crippen molar-refractivity contribution in [2.75, 3.05) is 9.80 Å². The Kier molecular flexibility index (Phi) is 6.88. The van der Waals surface area contributed by atoms with E-state index in [0.717, 1.165) is 56.1 Å². The van der Waals surface area contributed by atoms with Crippen LogP contribution >= 0.6 is 11.3 Å². The quantitative estimate of drug-likeness (QED) is 0.186. The van der Waals surface area contributed by atoms with E-state index in [9.17, 15) is 0 Å². The van der Waals surface area contributed by atoms with E-state index in [-0.39, 0.29) is 0 Å². The molecule has 224 valence electrons. The van der Waals surface area contributed by atoms with Crippen molar-refractivity contribution in [1.29, 1.82) is 0 Å². The second-order valence-electron chi connectivity index (χ2n) is 12.2. The lowest BCUT2D eigenvalue weighted by Gasteiger charge is -2.26. The Bertz CT molecular complexity index is 2070. The summed E-state index contributed by atoms with van der Waals surface area (Å²) in [5.74, 6) is 0. The number of furan rings is 1. The Balaban J connectivity index is 1.23. The van der Waals surface area contributed by atoms with Gasteiger partial charge in [0, 0.05) is 55.7 Å². The second kappa shape index (κ2) is 11.2. The minimum Gasteiger partial charge on any atom is -0.454 e. The molecule has 0 bridgehead atoms. The molecule has 2 heterocycles. The van der Waals surface area contributed by atoms with Gasteiger partial charge in [-0.2, -0.15) is 0 Å². The van der Waals surface area contributed by atoms with Crippen LogP contribution in [0, 0.1) is 27.7 Å². The van der Waals surface area contributed by atoms with E-state index >= 15 is 0 Å². The maximum atomic E-state index is 6.67. The SMILES string of the molecule is Cc1ccc(N(c2ccc(C)cc2)c2ccc3c(c2)oc2c4ccc(N(c5ccc(C)cc5)c5ccc(C)cc5)cc4sc32)cc1. The average molecular weight is 615 g/mol. The summed E-state index contributed by atoms with van der Waals surface area (Å²) in [6.07, 6.45) is 0. The van der Waals surface area contributed by atoms with Gasteiger partial charge in [-0.25, -0.2) is 0 Å². The summed E-state index contributed by atoms with van der Waals surface area (Å²) in [7, 11) is 0. The molecule has 0 saturated heterocycles. The predicted octanol–water partition coefficient (Wildman–Crippen LogP) is 13.0. The zero-order chi connectivity index (χ0) is 31.4. The van der Waals surface area contributed by atoms with Crippen molar-refractivity contribution in [3.05, 3.63) is 156 Å². The fraction of sp³-hybridized carbons (Fsp3) is 0.0952. The van der Waals surface area contributed by atoms with Gasteiger partial charge in [-0.05, 0) is 107 Å². The van der Waals surface area contributed by atoms with Gasteiger partial charge in [0.1, 0.15) is 5.58 Å². The van der Waals surface area contributed by atoms with Crippen LogP contribution in [-0.4, -0.2) is 0 Å². The third-order valence-corrected chi connectivity index (χ3v) is 9.90. The van der Waals surface area contributed by atoms with Crippen LogP contribution in [0.25, 0.3) is 31.3 Å². The standard InChI is InChI=1S/C42H34N2OS/c1-27-5-13-31(14-6-27)43(32-15-7-28(2)8-16-32)35-21-23-37-39(25-35)45-41-38-24-22-36(26-40(38)46-42(37)41)44(33-17-9-29(3)10-18-33)34-19-11-30(4)12-20-34/h5-26H,1-4H3. The Morgan fingerprint density at radius 1 is 0.413 bits per heavy atom. The lowest BCUT2D eigenvalue weighted by Crippen LogP contribution is -2.09. The number of rotatable bonds is 6. The summed E-state index contributed by atoms with van der Waals surface area (Å²) in [4.78, 5) is 4.62. The first kappa shape index (κ1) is 28.2. The maximum Gasteiger partial charge on any atom is 0.154 e. The van der Waals surface area contributed by atoms with E-state index < -0.39 is 0 Å². The third-order valence-electron chi connectivity index (χ3n) is 8.73. The van der Waals surface area contributed by atoms with E-state index in [1.165, 1.54) is 31.7 Å². The number of fused-ring (bicyclic) bond motifs is 5. The molecule has 3 nitrogen and oxygen atoms in total. The number of anilines is 6. The van der Waals surface area contributed by atoms with E-state index in [2.05, 4.69) is 171 Å². The molecule has 46 heavy (non-hydrogen) atoms. The lowest BCUT2D eigenvalue weighted by molar-refractivity contribution is 0.673. The predicted molar refractivity (Wildman–Crippen MR) is 197 cm³/mol. The first-order valence-corrected chi connectivity index (χ1v) is 16.5. The number of nitrogens with zero attached hydrogens (tertiary/aromatic N) is 2. The molecule has 4 heteroatoms. The van der Waals surface area contributed by atoms with Crippen molar-refractivity contribution in [1.82, 2.24) is 0 Å². The molecule has 8 aromatic rings. The summed E-state index contributed by atoms with van der Waals surface area (Å²) in [5, 5.41) is 2.28. The molecule has 0 unspecified atom stereocenters.